The van der Waals surface area contributed by atoms with Crippen LogP contribution in [0.3, 0.4) is 0 Å². The SMILES string of the molecule is Cc1cc(Br)c(F)cc1Nc1ccnc(Cl)c1. The lowest BCUT2D eigenvalue weighted by Crippen LogP contribution is -1.95. The van der Waals surface area contributed by atoms with E-state index in [9.17, 15) is 4.39 Å². The first-order valence-corrected chi connectivity index (χ1v) is 6.07. The molecule has 0 aliphatic rings. The third kappa shape index (κ3) is 2.96. The summed E-state index contributed by atoms with van der Waals surface area (Å²) in [7, 11) is 0. The fourth-order valence-corrected chi connectivity index (χ4v) is 2.05. The molecular formula is C12H9BrClFN2. The molecule has 0 bridgehead atoms. The van der Waals surface area contributed by atoms with Crippen molar-refractivity contribution in [3.63, 3.8) is 0 Å². The number of benzene rings is 1. The maximum absolute atomic E-state index is 13.4. The summed E-state index contributed by atoms with van der Waals surface area (Å²) in [6.45, 7) is 1.90. The van der Waals surface area contributed by atoms with Crippen LogP contribution in [0, 0.1) is 12.7 Å². The molecule has 2 rings (SSSR count). The van der Waals surface area contributed by atoms with Gasteiger partial charge >= 0.3 is 0 Å². The van der Waals surface area contributed by atoms with Gasteiger partial charge in [0.15, 0.2) is 0 Å². The molecule has 2 nitrogen and oxygen atoms in total. The van der Waals surface area contributed by atoms with E-state index in [1.807, 2.05) is 6.92 Å². The van der Waals surface area contributed by atoms with Crippen LogP contribution in [0.15, 0.2) is 34.9 Å². The lowest BCUT2D eigenvalue weighted by atomic mass is 10.2. The fourth-order valence-electron chi connectivity index (χ4n) is 1.42. The Balaban J connectivity index is 2.33. The van der Waals surface area contributed by atoms with Crippen molar-refractivity contribution in [2.45, 2.75) is 6.92 Å². The summed E-state index contributed by atoms with van der Waals surface area (Å²) in [6.07, 6.45) is 1.59. The molecule has 1 heterocycles. The van der Waals surface area contributed by atoms with Gasteiger partial charge < -0.3 is 5.32 Å². The lowest BCUT2D eigenvalue weighted by molar-refractivity contribution is 0.621. The number of aromatic nitrogens is 1. The summed E-state index contributed by atoms with van der Waals surface area (Å²) in [5.41, 5.74) is 2.41. The summed E-state index contributed by atoms with van der Waals surface area (Å²) >= 11 is 8.92. The summed E-state index contributed by atoms with van der Waals surface area (Å²) in [5, 5.41) is 3.49. The van der Waals surface area contributed by atoms with Gasteiger partial charge in [-0.1, -0.05) is 11.6 Å². The van der Waals surface area contributed by atoms with Crippen molar-refractivity contribution in [3.8, 4) is 0 Å². The number of halogens is 3. The number of nitrogens with one attached hydrogen (secondary N) is 1. The van der Waals surface area contributed by atoms with Crippen LogP contribution in [0.25, 0.3) is 0 Å². The van der Waals surface area contributed by atoms with E-state index in [0.29, 0.717) is 15.3 Å². The summed E-state index contributed by atoms with van der Waals surface area (Å²) in [4.78, 5) is 3.88. The van der Waals surface area contributed by atoms with E-state index in [2.05, 4.69) is 26.2 Å². The first-order valence-electron chi connectivity index (χ1n) is 4.90. The third-order valence-electron chi connectivity index (χ3n) is 2.27. The number of nitrogens with zero attached hydrogens (tertiary/aromatic N) is 1. The van der Waals surface area contributed by atoms with Crippen molar-refractivity contribution in [1.82, 2.24) is 4.98 Å². The number of pyridine rings is 1. The molecular weight excluding hydrogens is 307 g/mol. The largest absolute Gasteiger partial charge is 0.355 e. The Kier molecular flexibility index (Phi) is 3.64. The van der Waals surface area contributed by atoms with Gasteiger partial charge in [0, 0.05) is 17.6 Å². The van der Waals surface area contributed by atoms with Gasteiger partial charge in [-0.25, -0.2) is 9.37 Å². The van der Waals surface area contributed by atoms with Gasteiger partial charge in [0.1, 0.15) is 11.0 Å². The second-order valence-corrected chi connectivity index (χ2v) is 4.82. The maximum Gasteiger partial charge on any atom is 0.139 e. The monoisotopic (exact) mass is 314 g/mol. The van der Waals surface area contributed by atoms with Gasteiger partial charge in [-0.3, -0.25) is 0 Å². The number of hydrogen-bond donors (Lipinski definition) is 1. The topological polar surface area (TPSA) is 24.9 Å². The van der Waals surface area contributed by atoms with Crippen LogP contribution < -0.4 is 5.32 Å². The fraction of sp³-hybridized carbons (Fsp3) is 0.0833. The molecule has 0 aliphatic heterocycles. The first kappa shape index (κ1) is 12.3. The molecule has 0 aliphatic carbocycles. The predicted molar refractivity (Wildman–Crippen MR) is 71.4 cm³/mol. The highest BCUT2D eigenvalue weighted by Crippen LogP contribution is 2.27. The minimum atomic E-state index is -0.307. The Labute approximate surface area is 112 Å². The normalized spacial score (nSPS) is 10.4. The van der Waals surface area contributed by atoms with Gasteiger partial charge in [0.2, 0.25) is 0 Å². The molecule has 1 aromatic heterocycles. The Morgan fingerprint density at radius 3 is 2.82 bits per heavy atom. The van der Waals surface area contributed by atoms with E-state index in [-0.39, 0.29) is 5.82 Å². The van der Waals surface area contributed by atoms with Crippen molar-refractivity contribution in [2.75, 3.05) is 5.32 Å². The van der Waals surface area contributed by atoms with Crippen LogP contribution in [0.1, 0.15) is 5.56 Å². The Morgan fingerprint density at radius 2 is 2.12 bits per heavy atom. The van der Waals surface area contributed by atoms with Crippen LogP contribution in [0.5, 0.6) is 0 Å². The van der Waals surface area contributed by atoms with Crippen molar-refractivity contribution in [1.29, 1.82) is 0 Å². The molecule has 0 saturated heterocycles. The van der Waals surface area contributed by atoms with Gasteiger partial charge in [-0.2, -0.15) is 0 Å². The number of anilines is 2. The van der Waals surface area contributed by atoms with Crippen molar-refractivity contribution in [2.24, 2.45) is 0 Å². The zero-order chi connectivity index (χ0) is 12.4. The molecule has 0 spiro atoms. The van der Waals surface area contributed by atoms with Crippen LogP contribution in [-0.4, -0.2) is 4.98 Å². The van der Waals surface area contributed by atoms with Gasteiger partial charge in [-0.15, -0.1) is 0 Å². The predicted octanol–water partition coefficient (Wildman–Crippen LogP) is 4.69. The molecule has 0 radical (unpaired) electrons. The zero-order valence-corrected chi connectivity index (χ0v) is 11.3. The Hall–Kier alpha value is -1.13. The standard InChI is InChI=1S/C12H9BrClFN2/c1-7-4-9(13)10(15)6-11(7)17-8-2-3-16-12(14)5-8/h2-6H,1H3,(H,16,17). The molecule has 88 valence electrons. The number of rotatable bonds is 2. The molecule has 5 heteroatoms. The van der Waals surface area contributed by atoms with E-state index in [0.717, 1.165) is 11.3 Å². The van der Waals surface area contributed by atoms with Gasteiger partial charge in [-0.05, 0) is 52.7 Å². The molecule has 0 unspecified atom stereocenters. The molecule has 17 heavy (non-hydrogen) atoms. The third-order valence-corrected chi connectivity index (χ3v) is 3.09. The summed E-state index contributed by atoms with van der Waals surface area (Å²) < 4.78 is 13.9. The van der Waals surface area contributed by atoms with E-state index >= 15 is 0 Å². The average molecular weight is 316 g/mol. The minimum Gasteiger partial charge on any atom is -0.355 e. The average Bonchev–Trinajstić information content (AvgIpc) is 2.26. The molecule has 2 aromatic rings. The zero-order valence-electron chi connectivity index (χ0n) is 8.97. The number of hydrogen-bond acceptors (Lipinski definition) is 2. The summed E-state index contributed by atoms with van der Waals surface area (Å²) in [5.74, 6) is -0.307. The highest BCUT2D eigenvalue weighted by molar-refractivity contribution is 9.10. The molecule has 0 atom stereocenters. The summed E-state index contributed by atoms with van der Waals surface area (Å²) in [6, 6.07) is 6.61. The molecule has 0 amide bonds. The van der Waals surface area contributed by atoms with Crippen molar-refractivity contribution in [3.05, 3.63) is 51.5 Å². The van der Waals surface area contributed by atoms with E-state index < -0.39 is 0 Å². The second kappa shape index (κ2) is 5.02. The van der Waals surface area contributed by atoms with Gasteiger partial charge in [0.25, 0.3) is 0 Å². The first-order chi connectivity index (χ1) is 8.06. The van der Waals surface area contributed by atoms with Crippen LogP contribution in [0.4, 0.5) is 15.8 Å². The second-order valence-electron chi connectivity index (χ2n) is 3.57. The van der Waals surface area contributed by atoms with E-state index in [4.69, 9.17) is 11.6 Å². The highest BCUT2D eigenvalue weighted by atomic mass is 79.9. The minimum absolute atomic E-state index is 0.307. The van der Waals surface area contributed by atoms with E-state index in [1.54, 1.807) is 24.4 Å². The maximum atomic E-state index is 13.4. The smallest absolute Gasteiger partial charge is 0.139 e. The molecule has 1 aromatic carbocycles. The molecule has 0 saturated carbocycles. The van der Waals surface area contributed by atoms with Crippen LogP contribution >= 0.6 is 27.5 Å². The highest BCUT2D eigenvalue weighted by Gasteiger charge is 2.05. The van der Waals surface area contributed by atoms with Crippen LogP contribution in [0.2, 0.25) is 5.15 Å². The molecule has 0 fully saturated rings. The number of aryl methyl sites for hydroxylation is 1. The Morgan fingerprint density at radius 1 is 1.35 bits per heavy atom. The van der Waals surface area contributed by atoms with Crippen molar-refractivity contribution >= 4 is 38.9 Å². The molecule has 1 N–H and O–H groups in total. The van der Waals surface area contributed by atoms with Gasteiger partial charge in [0.05, 0.1) is 4.47 Å². The Bertz CT molecular complexity index is 560. The lowest BCUT2D eigenvalue weighted by Gasteiger charge is -2.10. The quantitative estimate of drug-likeness (QED) is 0.813. The van der Waals surface area contributed by atoms with Crippen molar-refractivity contribution < 1.29 is 4.39 Å². The van der Waals surface area contributed by atoms with E-state index in [1.165, 1.54) is 6.07 Å². The van der Waals surface area contributed by atoms with Crippen LogP contribution in [-0.2, 0) is 0 Å².